The molecular formula is C20H20F2I3O7S-. The predicted molar refractivity (Wildman–Crippen MR) is 137 cm³/mol. The molecule has 184 valence electrons. The van der Waals surface area contributed by atoms with Gasteiger partial charge in [-0.25, -0.2) is 8.42 Å². The van der Waals surface area contributed by atoms with Gasteiger partial charge in [0, 0.05) is 3.57 Å². The van der Waals surface area contributed by atoms with Gasteiger partial charge in [-0.1, -0.05) is 12.8 Å². The van der Waals surface area contributed by atoms with Crippen LogP contribution in [0.2, 0.25) is 0 Å². The maximum Gasteiger partial charge on any atom is 0.367 e. The highest BCUT2D eigenvalue weighted by atomic mass is 127. The third-order valence-electron chi connectivity index (χ3n) is 6.21. The van der Waals surface area contributed by atoms with Crippen LogP contribution in [0.25, 0.3) is 0 Å². The molecule has 1 aromatic carbocycles. The quantitative estimate of drug-likeness (QED) is 0.174. The molecule has 2 saturated carbocycles. The minimum Gasteiger partial charge on any atom is -0.743 e. The molecule has 0 amide bonds. The van der Waals surface area contributed by atoms with Gasteiger partial charge in [-0.15, -0.1) is 0 Å². The zero-order chi connectivity index (χ0) is 24.6. The number of rotatable bonds is 6. The van der Waals surface area contributed by atoms with Crippen molar-refractivity contribution in [2.24, 2.45) is 23.7 Å². The van der Waals surface area contributed by atoms with Crippen molar-refractivity contribution >= 4 is 89.8 Å². The lowest BCUT2D eigenvalue weighted by Crippen LogP contribution is -2.44. The van der Waals surface area contributed by atoms with Crippen molar-refractivity contribution < 1.29 is 40.8 Å². The van der Waals surface area contributed by atoms with Gasteiger partial charge in [0.2, 0.25) is 0 Å². The third kappa shape index (κ3) is 6.47. The van der Waals surface area contributed by atoms with E-state index >= 15 is 0 Å². The molecule has 2 aliphatic rings. The number of ether oxygens (including phenoxy) is 2. The number of fused-ring (bicyclic) bond motifs is 1. The van der Waals surface area contributed by atoms with Gasteiger partial charge in [0.25, 0.3) is 0 Å². The molecule has 4 atom stereocenters. The largest absolute Gasteiger partial charge is 0.743 e. The SMILES string of the molecule is O=C(OCC(F)(F)S(=O)(=O)[O-])C1CCCC2C(C(=O)Oc3c(I)cc(I)cc3I)CCCC12. The number of halogens is 5. The minimum atomic E-state index is -5.94. The molecule has 0 bridgehead atoms. The standard InChI is InChI=1S/C20H21F2I3O7S/c21-20(22,33(28,29)30)9-31-18(26)13-5-1-4-12-11(13)3-2-6-14(12)19(27)32-17-15(24)7-10(23)8-16(17)25/h7-8,11-14H,1-6,9H2,(H,28,29,30)/p-1. The Hall–Kier alpha value is 0.120. The van der Waals surface area contributed by atoms with Crippen LogP contribution in [-0.2, 0) is 24.4 Å². The van der Waals surface area contributed by atoms with Gasteiger partial charge in [0.15, 0.2) is 22.5 Å². The summed E-state index contributed by atoms with van der Waals surface area (Å²) in [5.74, 6) is -2.43. The Balaban J connectivity index is 1.71. The molecule has 0 radical (unpaired) electrons. The van der Waals surface area contributed by atoms with Crippen LogP contribution in [0.5, 0.6) is 5.75 Å². The van der Waals surface area contributed by atoms with E-state index in [1.54, 1.807) is 0 Å². The van der Waals surface area contributed by atoms with Crippen LogP contribution >= 0.6 is 67.8 Å². The van der Waals surface area contributed by atoms with Gasteiger partial charge in [0.05, 0.1) is 19.0 Å². The second-order valence-electron chi connectivity index (χ2n) is 8.22. The molecule has 13 heteroatoms. The summed E-state index contributed by atoms with van der Waals surface area (Å²) in [5, 5.41) is -4.68. The summed E-state index contributed by atoms with van der Waals surface area (Å²) < 4.78 is 71.8. The number of esters is 2. The lowest BCUT2D eigenvalue weighted by Gasteiger charge is -2.43. The topological polar surface area (TPSA) is 110 Å². The first kappa shape index (κ1) is 27.7. The second kappa shape index (κ2) is 11.0. The molecule has 0 N–H and O–H groups in total. The summed E-state index contributed by atoms with van der Waals surface area (Å²) in [6, 6.07) is 3.81. The number of hydrogen-bond acceptors (Lipinski definition) is 7. The van der Waals surface area contributed by atoms with E-state index in [9.17, 15) is 31.3 Å². The van der Waals surface area contributed by atoms with E-state index < -0.39 is 39.8 Å². The number of alkyl halides is 2. The molecule has 2 fully saturated rings. The maximum absolute atomic E-state index is 13.4. The van der Waals surface area contributed by atoms with Gasteiger partial charge in [0.1, 0.15) is 0 Å². The lowest BCUT2D eigenvalue weighted by molar-refractivity contribution is -0.163. The first-order valence-corrected chi connectivity index (χ1v) is 14.8. The zero-order valence-corrected chi connectivity index (χ0v) is 24.4. The van der Waals surface area contributed by atoms with E-state index in [2.05, 4.69) is 72.5 Å². The molecule has 0 aromatic heterocycles. The molecule has 7 nitrogen and oxygen atoms in total. The van der Waals surface area contributed by atoms with E-state index in [0.717, 1.165) is 10.7 Å². The van der Waals surface area contributed by atoms with Gasteiger partial charge >= 0.3 is 17.2 Å². The Morgan fingerprint density at radius 1 is 0.970 bits per heavy atom. The normalized spacial score (nSPS) is 25.8. The third-order valence-corrected chi connectivity index (χ3v) is 9.28. The van der Waals surface area contributed by atoms with E-state index in [4.69, 9.17) is 4.74 Å². The molecule has 4 unspecified atom stereocenters. The Bertz CT molecular complexity index is 1010. The Labute approximate surface area is 231 Å². The van der Waals surface area contributed by atoms with Gasteiger partial charge < -0.3 is 14.0 Å². The van der Waals surface area contributed by atoms with Crippen molar-refractivity contribution in [2.45, 2.75) is 43.8 Å². The monoisotopic (exact) mass is 823 g/mol. The van der Waals surface area contributed by atoms with Crippen molar-refractivity contribution in [3.63, 3.8) is 0 Å². The van der Waals surface area contributed by atoms with Gasteiger partial charge in [-0.05, 0) is 117 Å². The van der Waals surface area contributed by atoms with Gasteiger partial charge in [-0.2, -0.15) is 8.78 Å². The molecule has 1 aromatic rings. The van der Waals surface area contributed by atoms with Crippen molar-refractivity contribution in [2.75, 3.05) is 6.61 Å². The van der Waals surface area contributed by atoms with Crippen LogP contribution in [0.1, 0.15) is 38.5 Å². The van der Waals surface area contributed by atoms with Crippen molar-refractivity contribution in [1.29, 1.82) is 0 Å². The van der Waals surface area contributed by atoms with E-state index in [1.807, 2.05) is 12.1 Å². The fraction of sp³-hybridized carbons (Fsp3) is 0.600. The Morgan fingerprint density at radius 3 is 1.94 bits per heavy atom. The van der Waals surface area contributed by atoms with E-state index in [0.29, 0.717) is 44.3 Å². The maximum atomic E-state index is 13.4. The molecule has 0 aliphatic heterocycles. The summed E-state index contributed by atoms with van der Waals surface area (Å²) in [6.45, 7) is -1.80. The molecular weight excluding hydrogens is 803 g/mol. The average molecular weight is 823 g/mol. The van der Waals surface area contributed by atoms with Crippen molar-refractivity contribution in [1.82, 2.24) is 0 Å². The number of hydrogen-bond donors (Lipinski definition) is 0. The fourth-order valence-electron chi connectivity index (χ4n) is 4.72. The van der Waals surface area contributed by atoms with Crippen LogP contribution in [-0.4, -0.2) is 36.8 Å². The summed E-state index contributed by atoms with van der Waals surface area (Å²) in [7, 11) is -5.94. The van der Waals surface area contributed by atoms with Crippen molar-refractivity contribution in [3.05, 3.63) is 22.8 Å². The average Bonchev–Trinajstić information content (AvgIpc) is 2.72. The Kier molecular flexibility index (Phi) is 9.25. The predicted octanol–water partition coefficient (Wildman–Crippen LogP) is 4.92. The molecule has 0 spiro atoms. The first-order valence-electron chi connectivity index (χ1n) is 10.2. The van der Waals surface area contributed by atoms with Gasteiger partial charge in [-0.3, -0.25) is 9.59 Å². The second-order valence-corrected chi connectivity index (χ2v) is 13.3. The van der Waals surface area contributed by atoms with Crippen LogP contribution in [0.4, 0.5) is 8.78 Å². The lowest BCUT2D eigenvalue weighted by atomic mass is 9.61. The first-order chi connectivity index (χ1) is 15.3. The van der Waals surface area contributed by atoms with Crippen LogP contribution in [0.15, 0.2) is 12.1 Å². The zero-order valence-electron chi connectivity index (χ0n) is 17.1. The van der Waals surface area contributed by atoms with E-state index in [-0.39, 0.29) is 17.8 Å². The van der Waals surface area contributed by atoms with E-state index in [1.165, 1.54) is 0 Å². The number of carbonyl (C=O) groups excluding carboxylic acids is 2. The van der Waals surface area contributed by atoms with Crippen LogP contribution < -0.4 is 4.74 Å². The molecule has 0 saturated heterocycles. The fourth-order valence-corrected chi connectivity index (χ4v) is 8.73. The Morgan fingerprint density at radius 2 is 1.45 bits per heavy atom. The van der Waals surface area contributed by atoms with Crippen molar-refractivity contribution in [3.8, 4) is 5.75 Å². The summed E-state index contributed by atoms with van der Waals surface area (Å²) in [6.07, 6.45) is 3.58. The molecule has 0 heterocycles. The smallest absolute Gasteiger partial charge is 0.367 e. The highest BCUT2D eigenvalue weighted by molar-refractivity contribution is 14.1. The summed E-state index contributed by atoms with van der Waals surface area (Å²) >= 11 is 6.40. The highest BCUT2D eigenvalue weighted by Crippen LogP contribution is 2.48. The molecule has 2 aliphatic carbocycles. The molecule has 33 heavy (non-hydrogen) atoms. The minimum absolute atomic E-state index is 0.166. The summed E-state index contributed by atoms with van der Waals surface area (Å²) in [5.41, 5.74) is 0. The number of carbonyl (C=O) groups is 2. The van der Waals surface area contributed by atoms with Crippen LogP contribution in [0, 0.1) is 34.4 Å². The highest BCUT2D eigenvalue weighted by Gasteiger charge is 2.47. The summed E-state index contributed by atoms with van der Waals surface area (Å²) in [4.78, 5) is 25.7. The number of benzene rings is 1. The molecule has 3 rings (SSSR count). The van der Waals surface area contributed by atoms with Crippen LogP contribution in [0.3, 0.4) is 0 Å².